The molecular weight excluding hydrogens is 302 g/mol. The number of carbonyl (C=O) groups excluding carboxylic acids is 2. The molecule has 0 radical (unpaired) electrons. The third kappa shape index (κ3) is 2.30. The summed E-state index contributed by atoms with van der Waals surface area (Å²) in [6, 6.07) is 16.2. The summed E-state index contributed by atoms with van der Waals surface area (Å²) in [6.45, 7) is 0. The van der Waals surface area contributed by atoms with Crippen LogP contribution in [0.4, 0.5) is 0 Å². The van der Waals surface area contributed by atoms with Crippen molar-refractivity contribution in [3.05, 3.63) is 65.7 Å². The minimum atomic E-state index is -0.851. The van der Waals surface area contributed by atoms with Crippen LogP contribution < -0.4 is 4.74 Å². The van der Waals surface area contributed by atoms with Crippen molar-refractivity contribution in [3.63, 3.8) is 0 Å². The van der Waals surface area contributed by atoms with Crippen LogP contribution in [0, 0.1) is 0 Å². The molecule has 0 N–H and O–H groups in total. The standard InChI is InChI=1S/C20H19NO3/c22-18(15-9-3-1-4-10-15)21-19(23)16-11-5-6-12-17(16)24-20(21)13-7-2-8-14-20/h1,3-6,9-12H,2,7-8,13-14H2. The maximum atomic E-state index is 13.1. The van der Waals surface area contributed by atoms with Crippen LogP contribution in [0.5, 0.6) is 5.75 Å². The second kappa shape index (κ2) is 5.78. The highest BCUT2D eigenvalue weighted by molar-refractivity contribution is 6.12. The summed E-state index contributed by atoms with van der Waals surface area (Å²) < 4.78 is 6.27. The van der Waals surface area contributed by atoms with E-state index in [1.165, 1.54) is 4.90 Å². The van der Waals surface area contributed by atoms with Gasteiger partial charge in [-0.15, -0.1) is 0 Å². The molecule has 1 saturated carbocycles. The van der Waals surface area contributed by atoms with Crippen molar-refractivity contribution in [2.24, 2.45) is 0 Å². The molecule has 0 atom stereocenters. The van der Waals surface area contributed by atoms with Gasteiger partial charge in [0.1, 0.15) is 5.75 Å². The Bertz CT molecular complexity index is 778. The molecule has 1 spiro atoms. The molecule has 0 bridgehead atoms. The van der Waals surface area contributed by atoms with Gasteiger partial charge in [0.25, 0.3) is 11.8 Å². The van der Waals surface area contributed by atoms with Crippen molar-refractivity contribution in [2.75, 3.05) is 0 Å². The lowest BCUT2D eigenvalue weighted by Gasteiger charge is -2.47. The van der Waals surface area contributed by atoms with Gasteiger partial charge in [-0.1, -0.05) is 36.8 Å². The van der Waals surface area contributed by atoms with Crippen LogP contribution >= 0.6 is 0 Å². The van der Waals surface area contributed by atoms with E-state index >= 15 is 0 Å². The summed E-state index contributed by atoms with van der Waals surface area (Å²) in [7, 11) is 0. The van der Waals surface area contributed by atoms with E-state index in [1.54, 1.807) is 24.3 Å². The third-order valence-corrected chi connectivity index (χ3v) is 4.89. The Morgan fingerprint density at radius 2 is 1.58 bits per heavy atom. The molecule has 4 heteroatoms. The Morgan fingerprint density at radius 3 is 2.33 bits per heavy atom. The summed E-state index contributed by atoms with van der Waals surface area (Å²) >= 11 is 0. The van der Waals surface area contributed by atoms with Gasteiger partial charge in [-0.3, -0.25) is 9.59 Å². The number of hydrogen-bond donors (Lipinski definition) is 0. The fourth-order valence-electron chi connectivity index (χ4n) is 3.71. The van der Waals surface area contributed by atoms with Crippen LogP contribution in [0.1, 0.15) is 52.8 Å². The van der Waals surface area contributed by atoms with E-state index in [2.05, 4.69) is 0 Å². The highest BCUT2D eigenvalue weighted by Gasteiger charge is 2.50. The second-order valence-corrected chi connectivity index (χ2v) is 6.42. The SMILES string of the molecule is O=C(c1ccccc1)N1C(=O)c2ccccc2OC12CCCCC2. The zero-order chi connectivity index (χ0) is 16.6. The number of fused-ring (bicyclic) bond motifs is 1. The number of ether oxygens (including phenoxy) is 1. The van der Waals surface area contributed by atoms with Crippen LogP contribution in [-0.4, -0.2) is 22.4 Å². The van der Waals surface area contributed by atoms with Crippen LogP contribution in [0.3, 0.4) is 0 Å². The highest BCUT2D eigenvalue weighted by Crippen LogP contribution is 2.42. The Labute approximate surface area is 141 Å². The zero-order valence-electron chi connectivity index (χ0n) is 13.4. The molecular formula is C20H19NO3. The third-order valence-electron chi connectivity index (χ3n) is 4.89. The van der Waals surface area contributed by atoms with Crippen LogP contribution in [-0.2, 0) is 0 Å². The van der Waals surface area contributed by atoms with Gasteiger partial charge in [-0.2, -0.15) is 0 Å². The van der Waals surface area contributed by atoms with E-state index in [9.17, 15) is 9.59 Å². The number of amides is 2. The van der Waals surface area contributed by atoms with E-state index in [0.29, 0.717) is 29.7 Å². The average molecular weight is 321 g/mol. The Hall–Kier alpha value is -2.62. The fraction of sp³-hybridized carbons (Fsp3) is 0.300. The van der Waals surface area contributed by atoms with E-state index < -0.39 is 5.72 Å². The van der Waals surface area contributed by atoms with Gasteiger partial charge < -0.3 is 4.74 Å². The first-order valence-corrected chi connectivity index (χ1v) is 8.43. The monoisotopic (exact) mass is 321 g/mol. The average Bonchev–Trinajstić information content (AvgIpc) is 2.63. The van der Waals surface area contributed by atoms with Gasteiger partial charge in [0.15, 0.2) is 5.72 Å². The molecule has 1 fully saturated rings. The highest BCUT2D eigenvalue weighted by atomic mass is 16.5. The number of imide groups is 1. The van der Waals surface area contributed by atoms with Crippen LogP contribution in [0.25, 0.3) is 0 Å². The summed E-state index contributed by atoms with van der Waals surface area (Å²) in [6.07, 6.45) is 4.38. The van der Waals surface area contributed by atoms with Gasteiger partial charge in [-0.05, 0) is 37.1 Å². The van der Waals surface area contributed by atoms with Crippen molar-refractivity contribution in [3.8, 4) is 5.75 Å². The van der Waals surface area contributed by atoms with Crippen molar-refractivity contribution in [2.45, 2.75) is 37.8 Å². The molecule has 0 unspecified atom stereocenters. The smallest absolute Gasteiger partial charge is 0.267 e. The number of para-hydroxylation sites is 1. The number of nitrogens with zero attached hydrogens (tertiary/aromatic N) is 1. The second-order valence-electron chi connectivity index (χ2n) is 6.42. The predicted octanol–water partition coefficient (Wildman–Crippen LogP) is 4.02. The van der Waals surface area contributed by atoms with E-state index in [-0.39, 0.29) is 11.8 Å². The first-order valence-electron chi connectivity index (χ1n) is 8.43. The van der Waals surface area contributed by atoms with Gasteiger partial charge in [0.05, 0.1) is 5.56 Å². The molecule has 2 aromatic rings. The maximum absolute atomic E-state index is 13.1. The molecule has 1 heterocycles. The van der Waals surface area contributed by atoms with Crippen LogP contribution in [0.2, 0.25) is 0 Å². The summed E-state index contributed by atoms with van der Waals surface area (Å²) in [4.78, 5) is 27.6. The van der Waals surface area contributed by atoms with Crippen molar-refractivity contribution in [1.29, 1.82) is 0 Å². The van der Waals surface area contributed by atoms with E-state index in [4.69, 9.17) is 4.74 Å². The van der Waals surface area contributed by atoms with Gasteiger partial charge in [0.2, 0.25) is 0 Å². The van der Waals surface area contributed by atoms with Gasteiger partial charge >= 0.3 is 0 Å². The molecule has 1 aliphatic heterocycles. The number of rotatable bonds is 1. The van der Waals surface area contributed by atoms with Gasteiger partial charge in [0, 0.05) is 18.4 Å². The first-order chi connectivity index (χ1) is 11.7. The molecule has 4 rings (SSSR count). The lowest BCUT2D eigenvalue weighted by atomic mass is 9.87. The number of hydrogen-bond acceptors (Lipinski definition) is 3. The lowest BCUT2D eigenvalue weighted by molar-refractivity contribution is -0.0818. The fourth-order valence-corrected chi connectivity index (χ4v) is 3.71. The van der Waals surface area contributed by atoms with E-state index in [1.807, 2.05) is 30.3 Å². The normalized spacial score (nSPS) is 18.8. The number of benzene rings is 2. The summed E-state index contributed by atoms with van der Waals surface area (Å²) in [5.74, 6) is 0.0473. The minimum Gasteiger partial charge on any atom is -0.467 e. The largest absolute Gasteiger partial charge is 0.467 e. The predicted molar refractivity (Wildman–Crippen MR) is 89.8 cm³/mol. The molecule has 2 aromatic carbocycles. The molecule has 1 aliphatic carbocycles. The van der Waals surface area contributed by atoms with Crippen molar-refractivity contribution < 1.29 is 14.3 Å². The minimum absolute atomic E-state index is 0.257. The first kappa shape index (κ1) is 14.9. The van der Waals surface area contributed by atoms with Gasteiger partial charge in [-0.25, -0.2) is 4.90 Å². The molecule has 2 amide bonds. The quantitative estimate of drug-likeness (QED) is 0.745. The van der Waals surface area contributed by atoms with E-state index in [0.717, 1.165) is 19.3 Å². The molecule has 122 valence electrons. The molecule has 2 aliphatic rings. The molecule has 0 aromatic heterocycles. The maximum Gasteiger partial charge on any atom is 0.267 e. The Kier molecular flexibility index (Phi) is 3.60. The summed E-state index contributed by atoms with van der Waals surface area (Å²) in [5.41, 5.74) is 0.119. The van der Waals surface area contributed by atoms with Crippen LogP contribution in [0.15, 0.2) is 54.6 Å². The Balaban J connectivity index is 1.82. The zero-order valence-corrected chi connectivity index (χ0v) is 13.4. The van der Waals surface area contributed by atoms with Crippen molar-refractivity contribution in [1.82, 2.24) is 4.90 Å². The van der Waals surface area contributed by atoms with Crippen molar-refractivity contribution >= 4 is 11.8 Å². The lowest BCUT2D eigenvalue weighted by Crippen LogP contribution is -2.61. The Morgan fingerprint density at radius 1 is 0.917 bits per heavy atom. The molecule has 0 saturated heterocycles. The topological polar surface area (TPSA) is 46.6 Å². The summed E-state index contributed by atoms with van der Waals surface area (Å²) in [5, 5.41) is 0. The molecule has 4 nitrogen and oxygen atoms in total. The molecule has 24 heavy (non-hydrogen) atoms. The number of carbonyl (C=O) groups is 2.